The van der Waals surface area contributed by atoms with Crippen molar-refractivity contribution in [2.45, 2.75) is 39.5 Å². The Morgan fingerprint density at radius 1 is 0.690 bits per heavy atom. The summed E-state index contributed by atoms with van der Waals surface area (Å²) in [6.07, 6.45) is 4.02. The van der Waals surface area contributed by atoms with Crippen molar-refractivity contribution in [3.05, 3.63) is 121 Å². The van der Waals surface area contributed by atoms with Crippen molar-refractivity contribution >= 4 is 32.4 Å². The normalized spacial score (nSPS) is 11.9. The van der Waals surface area contributed by atoms with Crippen LogP contribution in [0.3, 0.4) is 0 Å². The molecule has 2 heterocycles. The molecular weight excluding hydrogens is 514 g/mol. The molecule has 0 radical (unpaired) electrons. The molecule has 0 aliphatic rings. The number of hydrogen-bond donors (Lipinski definition) is 1. The third kappa shape index (κ3) is 4.22. The molecule has 7 rings (SSSR count). The molecule has 4 heteroatoms. The summed E-state index contributed by atoms with van der Waals surface area (Å²) < 4.78 is 2.29. The van der Waals surface area contributed by atoms with Gasteiger partial charge in [-0.05, 0) is 57.3 Å². The summed E-state index contributed by atoms with van der Waals surface area (Å²) in [5.74, 6) is 1.80. The molecule has 0 saturated heterocycles. The minimum absolute atomic E-state index is 0.286. The predicted molar refractivity (Wildman–Crippen MR) is 175 cm³/mol. The lowest BCUT2D eigenvalue weighted by molar-refractivity contribution is 0.482. The van der Waals surface area contributed by atoms with E-state index in [1.54, 1.807) is 6.07 Å². The summed E-state index contributed by atoms with van der Waals surface area (Å²) in [5.41, 5.74) is 7.56. The Morgan fingerprint density at radius 2 is 1.36 bits per heavy atom. The zero-order chi connectivity index (χ0) is 29.0. The molecule has 0 aliphatic heterocycles. The Kier molecular flexibility index (Phi) is 6.27. The van der Waals surface area contributed by atoms with Crippen LogP contribution in [0.25, 0.3) is 60.8 Å². The zero-order valence-electron chi connectivity index (χ0n) is 24.3. The lowest BCUT2D eigenvalue weighted by Crippen LogP contribution is -2.07. The number of pyridine rings is 1. The number of phenols is 1. The van der Waals surface area contributed by atoms with Gasteiger partial charge < -0.3 is 5.11 Å². The molecule has 1 N–H and O–H groups in total. The van der Waals surface area contributed by atoms with E-state index < -0.39 is 0 Å². The predicted octanol–water partition coefficient (Wildman–Crippen LogP) is 10.0. The molecule has 2 aromatic heterocycles. The van der Waals surface area contributed by atoms with Crippen LogP contribution in [0.15, 0.2) is 109 Å². The molecule has 7 aromatic rings. The number of phenolic OH excluding ortho intramolecular Hbond substituents is 1. The van der Waals surface area contributed by atoms with Crippen LogP contribution in [0.2, 0.25) is 0 Å². The van der Waals surface area contributed by atoms with Gasteiger partial charge in [0.1, 0.15) is 11.6 Å². The van der Waals surface area contributed by atoms with Crippen LogP contribution in [0.5, 0.6) is 5.75 Å². The second kappa shape index (κ2) is 10.1. The largest absolute Gasteiger partial charge is 0.507 e. The monoisotopic (exact) mass is 547 g/mol. The molecule has 4 nitrogen and oxygen atoms in total. The first kappa shape index (κ1) is 26.0. The molecule has 0 aliphatic carbocycles. The van der Waals surface area contributed by atoms with Gasteiger partial charge in [0.05, 0.1) is 16.9 Å². The van der Waals surface area contributed by atoms with E-state index in [1.165, 1.54) is 16.8 Å². The van der Waals surface area contributed by atoms with Crippen LogP contribution in [0, 0.1) is 0 Å². The standard InChI is InChI=1S/C38H33N3O/c1-23(2)29-12-7-13-30(24(3)4)37(29)41-22-33(31-14-5-10-27-11-8-20-39-36(27)31)40-38(41)28-19-17-25-16-18-26-9-6-15-34(42)35(26)32(25)21-28/h5-24,42H,1-4H3. The maximum Gasteiger partial charge on any atom is 0.145 e. The fraction of sp³-hybridized carbons (Fsp3) is 0.158. The van der Waals surface area contributed by atoms with Gasteiger partial charge in [-0.2, -0.15) is 0 Å². The second-order valence-electron chi connectivity index (χ2n) is 11.7. The highest BCUT2D eigenvalue weighted by Gasteiger charge is 2.22. The van der Waals surface area contributed by atoms with Crippen LogP contribution in [-0.4, -0.2) is 19.6 Å². The van der Waals surface area contributed by atoms with E-state index in [2.05, 4.69) is 111 Å². The number of nitrogens with zero attached hydrogens (tertiary/aromatic N) is 3. The smallest absolute Gasteiger partial charge is 0.145 e. The Labute approximate surface area is 245 Å². The topological polar surface area (TPSA) is 50.9 Å². The van der Waals surface area contributed by atoms with E-state index in [4.69, 9.17) is 9.97 Å². The van der Waals surface area contributed by atoms with Gasteiger partial charge in [-0.25, -0.2) is 4.98 Å². The number of rotatable bonds is 5. The van der Waals surface area contributed by atoms with E-state index in [9.17, 15) is 5.11 Å². The highest BCUT2D eigenvalue weighted by molar-refractivity contribution is 6.11. The molecular formula is C38H33N3O. The highest BCUT2D eigenvalue weighted by Crippen LogP contribution is 2.39. The Bertz CT molecular complexity index is 2090. The van der Waals surface area contributed by atoms with E-state index in [-0.39, 0.29) is 5.75 Å². The van der Waals surface area contributed by atoms with Gasteiger partial charge in [-0.3, -0.25) is 9.55 Å². The second-order valence-corrected chi connectivity index (χ2v) is 11.7. The SMILES string of the molecule is CC(C)c1cccc(C(C)C)c1-n1cc(-c2cccc3cccnc23)nc1-c1ccc2ccc3cccc(O)c3c2c1. The number of hydrogen-bond acceptors (Lipinski definition) is 3. The summed E-state index contributed by atoms with van der Waals surface area (Å²) in [6.45, 7) is 9.00. The van der Waals surface area contributed by atoms with Crippen molar-refractivity contribution in [2.75, 3.05) is 0 Å². The molecule has 0 bridgehead atoms. The average Bonchev–Trinajstić information content (AvgIpc) is 3.45. The number of para-hydroxylation sites is 2. The molecule has 42 heavy (non-hydrogen) atoms. The molecule has 5 aromatic carbocycles. The first-order valence-corrected chi connectivity index (χ1v) is 14.6. The third-order valence-corrected chi connectivity index (χ3v) is 8.30. The van der Waals surface area contributed by atoms with Gasteiger partial charge in [0, 0.05) is 34.3 Å². The summed E-state index contributed by atoms with van der Waals surface area (Å²) in [4.78, 5) is 10.1. The third-order valence-electron chi connectivity index (χ3n) is 8.30. The lowest BCUT2D eigenvalue weighted by atomic mass is 9.92. The van der Waals surface area contributed by atoms with Crippen molar-refractivity contribution in [2.24, 2.45) is 0 Å². The maximum absolute atomic E-state index is 10.9. The lowest BCUT2D eigenvalue weighted by Gasteiger charge is -2.22. The Hall–Kier alpha value is -4.96. The minimum atomic E-state index is 0.286. The minimum Gasteiger partial charge on any atom is -0.507 e. The van der Waals surface area contributed by atoms with Crippen molar-refractivity contribution in [1.29, 1.82) is 0 Å². The zero-order valence-corrected chi connectivity index (χ0v) is 24.3. The van der Waals surface area contributed by atoms with E-state index in [0.29, 0.717) is 11.8 Å². The Balaban J connectivity index is 1.57. The summed E-state index contributed by atoms with van der Waals surface area (Å²) in [5, 5.41) is 15.9. The molecule has 0 fully saturated rings. The quantitative estimate of drug-likeness (QED) is 0.218. The fourth-order valence-electron chi connectivity index (χ4n) is 6.21. The number of imidazole rings is 1. The van der Waals surface area contributed by atoms with Crippen molar-refractivity contribution < 1.29 is 5.11 Å². The van der Waals surface area contributed by atoms with Crippen molar-refractivity contribution in [3.63, 3.8) is 0 Å². The first-order chi connectivity index (χ1) is 20.4. The van der Waals surface area contributed by atoms with E-state index >= 15 is 0 Å². The number of aromatic hydroxyl groups is 1. The average molecular weight is 548 g/mol. The van der Waals surface area contributed by atoms with Crippen LogP contribution >= 0.6 is 0 Å². The van der Waals surface area contributed by atoms with Crippen LogP contribution < -0.4 is 0 Å². The summed E-state index contributed by atoms with van der Waals surface area (Å²) in [7, 11) is 0. The van der Waals surface area contributed by atoms with Crippen molar-refractivity contribution in [3.8, 4) is 34.1 Å². The van der Waals surface area contributed by atoms with Gasteiger partial charge in [0.25, 0.3) is 0 Å². The Morgan fingerprint density at radius 3 is 2.14 bits per heavy atom. The number of fused-ring (bicyclic) bond motifs is 4. The van der Waals surface area contributed by atoms with Crippen molar-refractivity contribution in [1.82, 2.24) is 14.5 Å². The first-order valence-electron chi connectivity index (χ1n) is 14.6. The molecule has 0 spiro atoms. The van der Waals surface area contributed by atoms with Crippen LogP contribution in [-0.2, 0) is 0 Å². The number of benzene rings is 5. The van der Waals surface area contributed by atoms with Gasteiger partial charge in [0.2, 0.25) is 0 Å². The van der Waals surface area contributed by atoms with Crippen LogP contribution in [0.4, 0.5) is 0 Å². The maximum atomic E-state index is 10.9. The van der Waals surface area contributed by atoms with Gasteiger partial charge in [-0.1, -0.05) is 107 Å². The van der Waals surface area contributed by atoms with Gasteiger partial charge >= 0.3 is 0 Å². The summed E-state index contributed by atoms with van der Waals surface area (Å²) in [6, 6.07) is 33.3. The van der Waals surface area contributed by atoms with Gasteiger partial charge in [0.15, 0.2) is 0 Å². The van der Waals surface area contributed by atoms with E-state index in [0.717, 1.165) is 55.1 Å². The van der Waals surface area contributed by atoms with E-state index in [1.807, 2.05) is 24.4 Å². The van der Waals surface area contributed by atoms with Gasteiger partial charge in [-0.15, -0.1) is 0 Å². The molecule has 0 saturated carbocycles. The fourth-order valence-corrected chi connectivity index (χ4v) is 6.21. The molecule has 206 valence electrons. The highest BCUT2D eigenvalue weighted by atomic mass is 16.3. The molecule has 0 unspecified atom stereocenters. The molecule has 0 atom stereocenters. The van der Waals surface area contributed by atoms with Crippen LogP contribution in [0.1, 0.15) is 50.7 Å². The molecule has 0 amide bonds. The summed E-state index contributed by atoms with van der Waals surface area (Å²) >= 11 is 0. The number of aromatic nitrogens is 3.